The molecule has 0 saturated carbocycles. The molecule has 2 rings (SSSR count). The number of nitrogens with one attached hydrogen (secondary N) is 1. The summed E-state index contributed by atoms with van der Waals surface area (Å²) in [7, 11) is 0. The number of ether oxygens (including phenoxy) is 1. The Labute approximate surface area is 112 Å². The number of carbonyl (C=O) groups is 1. The fraction of sp³-hybridized carbons (Fsp3) is 0.500. The summed E-state index contributed by atoms with van der Waals surface area (Å²) in [6, 6.07) is 7.38. The zero-order valence-corrected chi connectivity index (χ0v) is 11.6. The van der Waals surface area contributed by atoms with E-state index in [-0.39, 0.29) is 17.9 Å². The van der Waals surface area contributed by atoms with E-state index in [0.717, 1.165) is 29.4 Å². The normalized spacial score (nSPS) is 19.8. The Morgan fingerprint density at radius 2 is 2.11 bits per heavy atom. The fourth-order valence-corrected chi connectivity index (χ4v) is 2.84. The van der Waals surface area contributed by atoms with Gasteiger partial charge in [0.15, 0.2) is 5.78 Å². The number of hydrogen-bond acceptors (Lipinski definition) is 4. The van der Waals surface area contributed by atoms with Crippen LogP contribution < -0.4 is 10.1 Å². The van der Waals surface area contributed by atoms with Crippen LogP contribution in [0.25, 0.3) is 0 Å². The lowest BCUT2D eigenvalue weighted by Gasteiger charge is -2.22. The molecule has 0 aromatic heterocycles. The second kappa shape index (κ2) is 6.25. The molecule has 1 fully saturated rings. The highest BCUT2D eigenvalue weighted by Gasteiger charge is 2.21. The molecule has 4 heteroatoms. The molecule has 1 saturated heterocycles. The van der Waals surface area contributed by atoms with Gasteiger partial charge in [0, 0.05) is 23.6 Å². The SMILES string of the molecule is CC(C)Oc1ccc(C(=O)C2CSCCN2)cc1. The summed E-state index contributed by atoms with van der Waals surface area (Å²) in [6.07, 6.45) is 0.156. The molecule has 3 nitrogen and oxygen atoms in total. The van der Waals surface area contributed by atoms with Gasteiger partial charge >= 0.3 is 0 Å². The first-order valence-electron chi connectivity index (χ1n) is 6.29. The fourth-order valence-electron chi connectivity index (χ4n) is 1.90. The maximum absolute atomic E-state index is 12.2. The highest BCUT2D eigenvalue weighted by Crippen LogP contribution is 2.17. The van der Waals surface area contributed by atoms with Gasteiger partial charge in [-0.15, -0.1) is 0 Å². The molecule has 0 spiro atoms. The molecular weight excluding hydrogens is 246 g/mol. The predicted octanol–water partition coefficient (Wildman–Crippen LogP) is 2.36. The molecule has 0 radical (unpaired) electrons. The van der Waals surface area contributed by atoms with Gasteiger partial charge in [-0.2, -0.15) is 11.8 Å². The highest BCUT2D eigenvalue weighted by molar-refractivity contribution is 7.99. The third kappa shape index (κ3) is 3.50. The van der Waals surface area contributed by atoms with Crippen LogP contribution in [0.15, 0.2) is 24.3 Å². The quantitative estimate of drug-likeness (QED) is 0.848. The van der Waals surface area contributed by atoms with Crippen molar-refractivity contribution in [3.05, 3.63) is 29.8 Å². The van der Waals surface area contributed by atoms with Gasteiger partial charge < -0.3 is 10.1 Å². The summed E-state index contributed by atoms with van der Waals surface area (Å²) in [5.74, 6) is 2.94. The van der Waals surface area contributed by atoms with Crippen molar-refractivity contribution >= 4 is 17.5 Å². The van der Waals surface area contributed by atoms with Crippen molar-refractivity contribution in [3.63, 3.8) is 0 Å². The minimum Gasteiger partial charge on any atom is -0.491 e. The second-order valence-electron chi connectivity index (χ2n) is 4.64. The number of Topliss-reactive ketones (excluding diaryl/α,β-unsaturated/α-hetero) is 1. The molecule has 1 heterocycles. The first-order chi connectivity index (χ1) is 8.66. The number of carbonyl (C=O) groups excluding carboxylic acids is 1. The molecule has 0 aliphatic carbocycles. The van der Waals surface area contributed by atoms with Crippen LogP contribution in [0.3, 0.4) is 0 Å². The van der Waals surface area contributed by atoms with E-state index in [2.05, 4.69) is 5.32 Å². The molecule has 0 amide bonds. The Bertz CT molecular complexity index is 397. The molecule has 1 aromatic rings. The van der Waals surface area contributed by atoms with Crippen molar-refractivity contribution in [1.29, 1.82) is 0 Å². The van der Waals surface area contributed by atoms with Gasteiger partial charge in [0.2, 0.25) is 0 Å². The maximum atomic E-state index is 12.2. The van der Waals surface area contributed by atoms with Gasteiger partial charge in [0.1, 0.15) is 5.75 Å². The monoisotopic (exact) mass is 265 g/mol. The summed E-state index contributed by atoms with van der Waals surface area (Å²) in [5, 5.41) is 3.26. The van der Waals surface area contributed by atoms with Gasteiger partial charge in [-0.05, 0) is 38.1 Å². The average molecular weight is 265 g/mol. The molecule has 1 aromatic carbocycles. The molecule has 1 aliphatic heterocycles. The van der Waals surface area contributed by atoms with Crippen LogP contribution in [0.4, 0.5) is 0 Å². The van der Waals surface area contributed by atoms with E-state index in [1.54, 1.807) is 0 Å². The third-order valence-corrected chi connectivity index (χ3v) is 3.81. The van der Waals surface area contributed by atoms with Crippen LogP contribution in [0, 0.1) is 0 Å². The van der Waals surface area contributed by atoms with Gasteiger partial charge in [-0.25, -0.2) is 0 Å². The summed E-state index contributed by atoms with van der Waals surface area (Å²) >= 11 is 1.83. The largest absolute Gasteiger partial charge is 0.491 e. The van der Waals surface area contributed by atoms with Crippen LogP contribution in [0.2, 0.25) is 0 Å². The minimum atomic E-state index is -0.0411. The maximum Gasteiger partial charge on any atom is 0.180 e. The Balaban J connectivity index is 2.02. The average Bonchev–Trinajstić information content (AvgIpc) is 2.39. The summed E-state index contributed by atoms with van der Waals surface area (Å²) in [4.78, 5) is 12.2. The second-order valence-corrected chi connectivity index (χ2v) is 5.79. The topological polar surface area (TPSA) is 38.3 Å². The number of hydrogen-bond donors (Lipinski definition) is 1. The van der Waals surface area contributed by atoms with E-state index in [4.69, 9.17) is 4.74 Å². The zero-order valence-electron chi connectivity index (χ0n) is 10.8. The smallest absolute Gasteiger partial charge is 0.180 e. The lowest BCUT2D eigenvalue weighted by atomic mass is 10.1. The number of ketones is 1. The van der Waals surface area contributed by atoms with Crippen LogP contribution in [-0.2, 0) is 0 Å². The van der Waals surface area contributed by atoms with Gasteiger partial charge in [-0.1, -0.05) is 0 Å². The number of benzene rings is 1. The van der Waals surface area contributed by atoms with Gasteiger partial charge in [-0.3, -0.25) is 4.79 Å². The molecule has 98 valence electrons. The van der Waals surface area contributed by atoms with Crippen molar-refractivity contribution in [2.45, 2.75) is 26.0 Å². The van der Waals surface area contributed by atoms with E-state index in [9.17, 15) is 4.79 Å². The first-order valence-corrected chi connectivity index (χ1v) is 7.44. The molecule has 1 atom stereocenters. The number of thioether (sulfide) groups is 1. The summed E-state index contributed by atoms with van der Waals surface area (Å²) in [6.45, 7) is 4.89. The summed E-state index contributed by atoms with van der Waals surface area (Å²) in [5.41, 5.74) is 0.756. The van der Waals surface area contributed by atoms with Crippen molar-refractivity contribution in [3.8, 4) is 5.75 Å². The van der Waals surface area contributed by atoms with E-state index in [0.29, 0.717) is 0 Å². The van der Waals surface area contributed by atoms with Crippen LogP contribution >= 0.6 is 11.8 Å². The Morgan fingerprint density at radius 3 is 2.67 bits per heavy atom. The van der Waals surface area contributed by atoms with Crippen LogP contribution in [-0.4, -0.2) is 36.0 Å². The molecule has 1 unspecified atom stereocenters. The van der Waals surface area contributed by atoms with E-state index in [1.165, 1.54) is 0 Å². The molecule has 0 bridgehead atoms. The standard InChI is InChI=1S/C14H19NO2S/c1-10(2)17-12-5-3-11(4-6-12)14(16)13-9-18-8-7-15-13/h3-6,10,13,15H,7-9H2,1-2H3. The van der Waals surface area contributed by atoms with Crippen molar-refractivity contribution in [2.75, 3.05) is 18.1 Å². The Kier molecular flexibility index (Phi) is 4.66. The van der Waals surface area contributed by atoms with Crippen molar-refractivity contribution in [1.82, 2.24) is 5.32 Å². The van der Waals surface area contributed by atoms with E-state index in [1.807, 2.05) is 49.9 Å². The van der Waals surface area contributed by atoms with Gasteiger partial charge in [0.05, 0.1) is 12.1 Å². The molecule has 18 heavy (non-hydrogen) atoms. The summed E-state index contributed by atoms with van der Waals surface area (Å²) < 4.78 is 5.56. The third-order valence-electron chi connectivity index (χ3n) is 2.75. The predicted molar refractivity (Wildman–Crippen MR) is 75.7 cm³/mol. The molecular formula is C14H19NO2S. The Hall–Kier alpha value is -1.00. The van der Waals surface area contributed by atoms with E-state index < -0.39 is 0 Å². The van der Waals surface area contributed by atoms with E-state index >= 15 is 0 Å². The lowest BCUT2D eigenvalue weighted by Crippen LogP contribution is -2.43. The zero-order chi connectivity index (χ0) is 13.0. The highest BCUT2D eigenvalue weighted by atomic mass is 32.2. The Morgan fingerprint density at radius 1 is 1.39 bits per heavy atom. The van der Waals surface area contributed by atoms with Crippen molar-refractivity contribution < 1.29 is 9.53 Å². The van der Waals surface area contributed by atoms with Gasteiger partial charge in [0.25, 0.3) is 0 Å². The molecule has 1 N–H and O–H groups in total. The van der Waals surface area contributed by atoms with Crippen LogP contribution in [0.5, 0.6) is 5.75 Å². The number of rotatable bonds is 4. The minimum absolute atomic E-state index is 0.0411. The van der Waals surface area contributed by atoms with Crippen molar-refractivity contribution in [2.24, 2.45) is 0 Å². The first kappa shape index (κ1) is 13.4. The van der Waals surface area contributed by atoms with Crippen LogP contribution in [0.1, 0.15) is 24.2 Å². The molecule has 1 aliphatic rings. The lowest BCUT2D eigenvalue weighted by molar-refractivity contribution is 0.0953.